The van der Waals surface area contributed by atoms with Crippen molar-refractivity contribution in [3.63, 3.8) is 0 Å². The zero-order valence-corrected chi connectivity index (χ0v) is 17.7. The quantitative estimate of drug-likeness (QED) is 0.566. The Bertz CT molecular complexity index is 772. The summed E-state index contributed by atoms with van der Waals surface area (Å²) >= 11 is 0. The molecule has 28 heavy (non-hydrogen) atoms. The van der Waals surface area contributed by atoms with Crippen LogP contribution < -0.4 is 10.2 Å². The average Bonchev–Trinajstić information content (AvgIpc) is 2.68. The van der Waals surface area contributed by atoms with Crippen molar-refractivity contribution in [1.82, 2.24) is 14.5 Å². The van der Waals surface area contributed by atoms with Crippen LogP contribution >= 0.6 is 0 Å². The lowest BCUT2D eigenvalue weighted by molar-refractivity contribution is -0.882. The van der Waals surface area contributed by atoms with Crippen LogP contribution in [0.2, 0.25) is 0 Å². The summed E-state index contributed by atoms with van der Waals surface area (Å²) < 4.78 is 26.9. The number of amides is 2. The van der Waals surface area contributed by atoms with Crippen LogP contribution in [0.5, 0.6) is 0 Å². The Labute approximate surface area is 167 Å². The summed E-state index contributed by atoms with van der Waals surface area (Å²) in [6.45, 7) is 8.73. The number of benzene rings is 1. The van der Waals surface area contributed by atoms with Crippen molar-refractivity contribution in [3.8, 4) is 0 Å². The number of likely N-dealkylation sites (N-methyl/N-ethyl adjacent to an activating group) is 2. The molecule has 1 fully saturated rings. The fourth-order valence-electron chi connectivity index (χ4n) is 3.16. The molecule has 0 saturated carbocycles. The van der Waals surface area contributed by atoms with Gasteiger partial charge in [-0.05, 0) is 32.9 Å². The van der Waals surface area contributed by atoms with E-state index >= 15 is 0 Å². The summed E-state index contributed by atoms with van der Waals surface area (Å²) in [6, 6.07) is 6.80. The third kappa shape index (κ3) is 5.76. The van der Waals surface area contributed by atoms with Gasteiger partial charge in [0.2, 0.25) is 10.0 Å². The van der Waals surface area contributed by atoms with E-state index < -0.39 is 10.0 Å². The normalized spacial score (nSPS) is 16.6. The Balaban J connectivity index is 1.91. The van der Waals surface area contributed by atoms with Gasteiger partial charge in [0.15, 0.2) is 13.1 Å². The number of piperazine rings is 1. The number of rotatable bonds is 8. The van der Waals surface area contributed by atoms with Crippen LogP contribution in [-0.4, -0.2) is 81.8 Å². The number of hydrogen-bond donors (Lipinski definition) is 2. The highest BCUT2D eigenvalue weighted by Gasteiger charge is 2.31. The van der Waals surface area contributed by atoms with Gasteiger partial charge in [-0.1, -0.05) is 17.7 Å². The number of nitrogens with zero attached hydrogens (tertiary/aromatic N) is 2. The fraction of sp³-hybridized carbons (Fsp3) is 0.579. The van der Waals surface area contributed by atoms with Gasteiger partial charge in [-0.25, -0.2) is 8.42 Å². The van der Waals surface area contributed by atoms with E-state index in [4.69, 9.17) is 0 Å². The van der Waals surface area contributed by atoms with Crippen molar-refractivity contribution in [2.24, 2.45) is 0 Å². The van der Waals surface area contributed by atoms with Gasteiger partial charge < -0.3 is 15.1 Å². The molecule has 8 nitrogen and oxygen atoms in total. The Hall–Kier alpha value is -1.97. The van der Waals surface area contributed by atoms with E-state index in [1.54, 1.807) is 29.2 Å². The lowest BCUT2D eigenvalue weighted by atomic mass is 10.2. The van der Waals surface area contributed by atoms with Gasteiger partial charge >= 0.3 is 0 Å². The number of hydrogen-bond acceptors (Lipinski definition) is 4. The third-order valence-corrected chi connectivity index (χ3v) is 6.85. The summed E-state index contributed by atoms with van der Waals surface area (Å²) in [7, 11) is -3.54. The molecule has 2 N–H and O–H groups in total. The number of carbonyl (C=O) groups is 2. The summed E-state index contributed by atoms with van der Waals surface area (Å²) in [5.41, 5.74) is 1.00. The van der Waals surface area contributed by atoms with Gasteiger partial charge in [0.25, 0.3) is 11.8 Å². The average molecular weight is 412 g/mol. The van der Waals surface area contributed by atoms with Gasteiger partial charge in [-0.15, -0.1) is 0 Å². The summed E-state index contributed by atoms with van der Waals surface area (Å²) in [4.78, 5) is 27.2. The van der Waals surface area contributed by atoms with Crippen LogP contribution in [-0.2, 0) is 19.6 Å². The molecular weight excluding hydrogens is 380 g/mol. The third-order valence-electron chi connectivity index (χ3n) is 4.94. The smallest absolute Gasteiger partial charge is 0.277 e. The Morgan fingerprint density at radius 1 is 1.04 bits per heavy atom. The van der Waals surface area contributed by atoms with Gasteiger partial charge in [0.1, 0.15) is 0 Å². The van der Waals surface area contributed by atoms with E-state index in [1.807, 2.05) is 20.8 Å². The molecule has 0 aliphatic carbocycles. The van der Waals surface area contributed by atoms with Crippen molar-refractivity contribution in [2.75, 3.05) is 52.4 Å². The van der Waals surface area contributed by atoms with Crippen LogP contribution in [0.25, 0.3) is 0 Å². The zero-order chi connectivity index (χ0) is 20.7. The van der Waals surface area contributed by atoms with E-state index in [0.717, 1.165) is 10.5 Å². The molecule has 2 rings (SSSR count). The van der Waals surface area contributed by atoms with E-state index in [2.05, 4.69) is 5.32 Å². The monoisotopic (exact) mass is 411 g/mol. The minimum atomic E-state index is -3.54. The highest BCUT2D eigenvalue weighted by Crippen LogP contribution is 2.18. The number of carbonyl (C=O) groups excluding carboxylic acids is 2. The molecule has 0 bridgehead atoms. The van der Waals surface area contributed by atoms with Crippen molar-refractivity contribution in [3.05, 3.63) is 29.8 Å². The summed E-state index contributed by atoms with van der Waals surface area (Å²) in [5.74, 6) is -0.116. The number of sulfonamides is 1. The molecule has 0 radical (unpaired) electrons. The molecule has 0 aromatic heterocycles. The first-order valence-corrected chi connectivity index (χ1v) is 11.2. The minimum absolute atomic E-state index is 0.0477. The van der Waals surface area contributed by atoms with Crippen LogP contribution in [0.3, 0.4) is 0 Å². The van der Waals surface area contributed by atoms with Gasteiger partial charge in [-0.3, -0.25) is 9.59 Å². The molecule has 0 spiro atoms. The standard InChI is InChI=1S/C19H30N4O4S/c1-4-20-18(24)14-21(5-2)15-19(25)22-10-12-23(13-11-22)28(26,27)17-8-6-16(3)7-9-17/h6-9H,4-5,10-15H2,1-3H3,(H,20,24)/p+1. The van der Waals surface area contributed by atoms with Gasteiger partial charge in [0.05, 0.1) is 11.4 Å². The largest absolute Gasteiger partial charge is 0.351 e. The second kappa shape index (κ2) is 9.99. The fourth-order valence-corrected chi connectivity index (χ4v) is 4.58. The maximum absolute atomic E-state index is 12.8. The predicted molar refractivity (Wildman–Crippen MR) is 106 cm³/mol. The second-order valence-electron chi connectivity index (χ2n) is 7.01. The van der Waals surface area contributed by atoms with Crippen molar-refractivity contribution < 1.29 is 22.9 Å². The molecule has 1 heterocycles. The Kier molecular flexibility index (Phi) is 7.97. The first-order valence-electron chi connectivity index (χ1n) is 9.72. The maximum atomic E-state index is 12.8. The van der Waals surface area contributed by atoms with Gasteiger partial charge in [0, 0.05) is 32.7 Å². The molecule has 9 heteroatoms. The molecular formula is C19H31N4O4S+. The SMILES string of the molecule is CCNC(=O)C[NH+](CC)CC(=O)N1CCN(S(=O)(=O)c2ccc(C)cc2)CC1. The Morgan fingerprint density at radius 3 is 2.18 bits per heavy atom. The lowest BCUT2D eigenvalue weighted by Crippen LogP contribution is -3.14. The van der Waals surface area contributed by atoms with Crippen LogP contribution in [0, 0.1) is 6.92 Å². The molecule has 1 aliphatic heterocycles. The van der Waals surface area contributed by atoms with Crippen LogP contribution in [0.15, 0.2) is 29.2 Å². The molecule has 156 valence electrons. The summed E-state index contributed by atoms with van der Waals surface area (Å²) in [6.07, 6.45) is 0. The molecule has 1 unspecified atom stereocenters. The molecule has 1 aromatic rings. The highest BCUT2D eigenvalue weighted by atomic mass is 32.2. The van der Waals surface area contributed by atoms with E-state index in [-0.39, 0.29) is 42.9 Å². The van der Waals surface area contributed by atoms with Crippen LogP contribution in [0.4, 0.5) is 0 Å². The zero-order valence-electron chi connectivity index (χ0n) is 16.9. The lowest BCUT2D eigenvalue weighted by Gasteiger charge is -2.34. The van der Waals surface area contributed by atoms with Gasteiger partial charge in [-0.2, -0.15) is 4.31 Å². The van der Waals surface area contributed by atoms with Crippen LogP contribution in [0.1, 0.15) is 19.4 Å². The molecule has 1 saturated heterocycles. The van der Waals surface area contributed by atoms with E-state index in [9.17, 15) is 18.0 Å². The molecule has 1 aliphatic rings. The topological polar surface area (TPSA) is 91.2 Å². The number of nitrogens with one attached hydrogen (secondary N) is 2. The molecule has 2 amide bonds. The molecule has 1 atom stereocenters. The van der Waals surface area contributed by atoms with Crippen molar-refractivity contribution in [2.45, 2.75) is 25.7 Å². The van der Waals surface area contributed by atoms with Crippen molar-refractivity contribution in [1.29, 1.82) is 0 Å². The number of quaternary nitrogens is 1. The minimum Gasteiger partial charge on any atom is -0.351 e. The van der Waals surface area contributed by atoms with E-state index in [0.29, 0.717) is 26.2 Å². The van der Waals surface area contributed by atoms with Crippen molar-refractivity contribution >= 4 is 21.8 Å². The Morgan fingerprint density at radius 2 is 1.64 bits per heavy atom. The maximum Gasteiger partial charge on any atom is 0.277 e. The predicted octanol–water partition coefficient (Wildman–Crippen LogP) is -1.13. The second-order valence-corrected chi connectivity index (χ2v) is 8.95. The highest BCUT2D eigenvalue weighted by molar-refractivity contribution is 7.89. The number of aryl methyl sites for hydroxylation is 1. The first-order chi connectivity index (χ1) is 13.3. The summed E-state index contributed by atoms with van der Waals surface area (Å²) in [5, 5.41) is 2.75. The van der Waals surface area contributed by atoms with E-state index in [1.165, 1.54) is 4.31 Å². The first kappa shape index (κ1) is 22.3. The molecule has 1 aromatic carbocycles.